The minimum atomic E-state index is -0.297. The first-order chi connectivity index (χ1) is 9.08. The predicted octanol–water partition coefficient (Wildman–Crippen LogP) is 2.05. The van der Waals surface area contributed by atoms with Crippen molar-refractivity contribution in [3.05, 3.63) is 42.0 Å². The largest absolute Gasteiger partial charge is 0.352 e. The molecular weight excluding hydrogens is 242 g/mol. The molecule has 19 heavy (non-hydrogen) atoms. The monoisotopic (exact) mass is 261 g/mol. The molecule has 0 aromatic heterocycles. The Morgan fingerprint density at radius 1 is 1.32 bits per heavy atom. The number of rotatable bonds is 5. The quantitative estimate of drug-likeness (QED) is 0.710. The van der Waals surface area contributed by atoms with E-state index < -0.39 is 0 Å². The van der Waals surface area contributed by atoms with E-state index in [2.05, 4.69) is 22.5 Å². The Morgan fingerprint density at radius 3 is 2.63 bits per heavy atom. The molecule has 0 aliphatic carbocycles. The van der Waals surface area contributed by atoms with E-state index in [1.54, 1.807) is 24.3 Å². The van der Waals surface area contributed by atoms with Crippen LogP contribution >= 0.6 is 0 Å². The highest BCUT2D eigenvalue weighted by Crippen LogP contribution is 2.16. The van der Waals surface area contributed by atoms with Crippen LogP contribution in [0.25, 0.3) is 0 Å². The molecule has 1 rings (SSSR count). The lowest BCUT2D eigenvalue weighted by Crippen LogP contribution is -2.29. The van der Waals surface area contributed by atoms with E-state index in [1.807, 2.05) is 13.8 Å². The molecule has 1 aromatic carbocycles. The van der Waals surface area contributed by atoms with Crippen LogP contribution < -0.4 is 16.0 Å². The Hall–Kier alpha value is -2.30. The maximum absolute atomic E-state index is 11.6. The number of hydrogen-bond acceptors (Lipinski definition) is 2. The summed E-state index contributed by atoms with van der Waals surface area (Å²) in [6.07, 6.45) is 1.60. The van der Waals surface area contributed by atoms with Crippen molar-refractivity contribution >= 4 is 17.6 Å². The Bertz CT molecular complexity index is 484. The van der Waals surface area contributed by atoms with Gasteiger partial charge in [0.25, 0.3) is 5.91 Å². The summed E-state index contributed by atoms with van der Waals surface area (Å²) in [6, 6.07) is 4.84. The van der Waals surface area contributed by atoms with Gasteiger partial charge in [-0.1, -0.05) is 6.08 Å². The number of carbonyl (C=O) groups is 2. The smallest absolute Gasteiger partial charge is 0.319 e. The van der Waals surface area contributed by atoms with Crippen LogP contribution in [-0.2, 0) is 0 Å². The molecule has 0 saturated heterocycles. The number of urea groups is 1. The number of aryl methyl sites for hydroxylation is 1. The zero-order valence-electron chi connectivity index (χ0n) is 11.2. The highest BCUT2D eigenvalue weighted by molar-refractivity contribution is 5.96. The molecule has 0 radical (unpaired) electrons. The lowest BCUT2D eigenvalue weighted by atomic mass is 10.1. The van der Waals surface area contributed by atoms with Crippen LogP contribution in [0.4, 0.5) is 10.5 Å². The number of hydrogen-bond donors (Lipinski definition) is 3. The molecule has 0 aliphatic rings. The third-order valence-electron chi connectivity index (χ3n) is 2.48. The molecule has 0 unspecified atom stereocenters. The summed E-state index contributed by atoms with van der Waals surface area (Å²) in [6.45, 7) is 8.21. The van der Waals surface area contributed by atoms with Crippen LogP contribution in [0.3, 0.4) is 0 Å². The highest BCUT2D eigenvalue weighted by atomic mass is 16.2. The van der Waals surface area contributed by atoms with Gasteiger partial charge in [-0.15, -0.1) is 6.58 Å². The Balaban J connectivity index is 2.74. The maximum Gasteiger partial charge on any atom is 0.319 e. The van der Waals surface area contributed by atoms with Gasteiger partial charge in [-0.3, -0.25) is 4.79 Å². The van der Waals surface area contributed by atoms with Gasteiger partial charge < -0.3 is 16.0 Å². The summed E-state index contributed by atoms with van der Waals surface area (Å²) in [5, 5.41) is 8.06. The van der Waals surface area contributed by atoms with Gasteiger partial charge in [-0.25, -0.2) is 4.79 Å². The average Bonchev–Trinajstić information content (AvgIpc) is 2.39. The first-order valence-corrected chi connectivity index (χ1v) is 6.13. The predicted molar refractivity (Wildman–Crippen MR) is 76.4 cm³/mol. The van der Waals surface area contributed by atoms with E-state index in [1.165, 1.54) is 0 Å². The van der Waals surface area contributed by atoms with Gasteiger partial charge in [0.05, 0.1) is 0 Å². The lowest BCUT2D eigenvalue weighted by Gasteiger charge is -2.10. The van der Waals surface area contributed by atoms with Gasteiger partial charge in [-0.05, 0) is 37.6 Å². The molecule has 0 heterocycles. The Morgan fingerprint density at radius 2 is 2.05 bits per heavy atom. The second-order valence-electron chi connectivity index (χ2n) is 4.01. The van der Waals surface area contributed by atoms with Gasteiger partial charge in [0, 0.05) is 24.3 Å². The minimum Gasteiger partial charge on any atom is -0.352 e. The van der Waals surface area contributed by atoms with Crippen LogP contribution in [0, 0.1) is 6.92 Å². The van der Waals surface area contributed by atoms with Crippen molar-refractivity contribution in [3.8, 4) is 0 Å². The van der Waals surface area contributed by atoms with E-state index in [9.17, 15) is 9.59 Å². The third kappa shape index (κ3) is 4.46. The third-order valence-corrected chi connectivity index (χ3v) is 2.48. The number of benzene rings is 1. The first-order valence-electron chi connectivity index (χ1n) is 6.13. The summed E-state index contributed by atoms with van der Waals surface area (Å²) < 4.78 is 0. The van der Waals surface area contributed by atoms with E-state index in [4.69, 9.17) is 0 Å². The van der Waals surface area contributed by atoms with Crippen LogP contribution in [0.1, 0.15) is 22.8 Å². The minimum absolute atomic E-state index is 0.117. The van der Waals surface area contributed by atoms with Gasteiger partial charge in [0.2, 0.25) is 0 Å². The van der Waals surface area contributed by atoms with Crippen LogP contribution in [0.2, 0.25) is 0 Å². The molecule has 3 amide bonds. The van der Waals surface area contributed by atoms with Crippen molar-refractivity contribution in [2.75, 3.05) is 18.4 Å². The SMILES string of the molecule is C=CCNC(=O)Nc1ccc(C(=O)NCC)cc1C. The van der Waals surface area contributed by atoms with E-state index in [0.29, 0.717) is 24.3 Å². The van der Waals surface area contributed by atoms with Gasteiger partial charge in [0.1, 0.15) is 0 Å². The molecule has 0 aliphatic heterocycles. The average molecular weight is 261 g/mol. The molecule has 102 valence electrons. The van der Waals surface area contributed by atoms with Crippen molar-refractivity contribution in [1.29, 1.82) is 0 Å². The fraction of sp³-hybridized carbons (Fsp3) is 0.286. The van der Waals surface area contributed by atoms with E-state index in [0.717, 1.165) is 5.56 Å². The van der Waals surface area contributed by atoms with Crippen molar-refractivity contribution < 1.29 is 9.59 Å². The normalized spacial score (nSPS) is 9.58. The highest BCUT2D eigenvalue weighted by Gasteiger charge is 2.08. The number of anilines is 1. The molecule has 5 heteroatoms. The molecule has 0 atom stereocenters. The second-order valence-corrected chi connectivity index (χ2v) is 4.01. The molecule has 0 fully saturated rings. The van der Waals surface area contributed by atoms with Gasteiger partial charge >= 0.3 is 6.03 Å². The number of amides is 3. The molecular formula is C14H19N3O2. The summed E-state index contributed by atoms with van der Waals surface area (Å²) in [5.41, 5.74) is 2.09. The number of carbonyl (C=O) groups excluding carboxylic acids is 2. The van der Waals surface area contributed by atoms with Gasteiger partial charge in [-0.2, -0.15) is 0 Å². The van der Waals surface area contributed by atoms with Crippen molar-refractivity contribution in [2.45, 2.75) is 13.8 Å². The standard InChI is InChI=1S/C14H19N3O2/c1-4-8-16-14(19)17-12-7-6-11(9-10(12)3)13(18)15-5-2/h4,6-7,9H,1,5,8H2,2-3H3,(H,15,18)(H2,16,17,19). The number of nitrogens with one attached hydrogen (secondary N) is 3. The zero-order valence-corrected chi connectivity index (χ0v) is 11.2. The Labute approximate surface area is 113 Å². The molecule has 5 nitrogen and oxygen atoms in total. The Kier molecular flexibility index (Phi) is 5.60. The van der Waals surface area contributed by atoms with Crippen molar-refractivity contribution in [2.24, 2.45) is 0 Å². The maximum atomic E-state index is 11.6. The van der Waals surface area contributed by atoms with E-state index in [-0.39, 0.29) is 11.9 Å². The topological polar surface area (TPSA) is 70.2 Å². The van der Waals surface area contributed by atoms with Gasteiger partial charge in [0.15, 0.2) is 0 Å². The fourth-order valence-electron chi connectivity index (χ4n) is 1.54. The fourth-order valence-corrected chi connectivity index (χ4v) is 1.54. The van der Waals surface area contributed by atoms with Crippen molar-refractivity contribution in [1.82, 2.24) is 10.6 Å². The lowest BCUT2D eigenvalue weighted by molar-refractivity contribution is 0.0955. The first kappa shape index (κ1) is 14.8. The molecule has 3 N–H and O–H groups in total. The van der Waals surface area contributed by atoms with Crippen LogP contribution in [-0.4, -0.2) is 25.0 Å². The van der Waals surface area contributed by atoms with Crippen molar-refractivity contribution in [3.63, 3.8) is 0 Å². The molecule has 0 bridgehead atoms. The molecule has 0 saturated carbocycles. The summed E-state index contributed by atoms with van der Waals surface area (Å²) in [4.78, 5) is 23.1. The summed E-state index contributed by atoms with van der Waals surface area (Å²) in [5.74, 6) is -0.117. The van der Waals surface area contributed by atoms with Crippen LogP contribution in [0.15, 0.2) is 30.9 Å². The second kappa shape index (κ2) is 7.20. The molecule has 0 spiro atoms. The van der Waals surface area contributed by atoms with Crippen LogP contribution in [0.5, 0.6) is 0 Å². The molecule has 1 aromatic rings. The summed E-state index contributed by atoms with van der Waals surface area (Å²) in [7, 11) is 0. The van der Waals surface area contributed by atoms with E-state index >= 15 is 0 Å². The zero-order chi connectivity index (χ0) is 14.3. The summed E-state index contributed by atoms with van der Waals surface area (Å²) >= 11 is 0.